The number of halogens is 1. The number of hydrogen-bond donors (Lipinski definition) is 2. The van der Waals surface area contributed by atoms with Crippen LogP contribution in [0.25, 0.3) is 0 Å². The summed E-state index contributed by atoms with van der Waals surface area (Å²) in [4.78, 5) is 12.1. The predicted octanol–water partition coefficient (Wildman–Crippen LogP) is 2.75. The molecule has 100 valence electrons. The first-order chi connectivity index (χ1) is 8.43. The van der Waals surface area contributed by atoms with E-state index in [1.54, 1.807) is 18.2 Å². The number of amides is 1. The Morgan fingerprint density at radius 2 is 2.11 bits per heavy atom. The molecule has 0 heterocycles. The van der Waals surface area contributed by atoms with Crippen molar-refractivity contribution < 1.29 is 4.79 Å². The Hall–Kier alpha value is -1.06. The van der Waals surface area contributed by atoms with Crippen LogP contribution in [0.2, 0.25) is 5.02 Å². The van der Waals surface area contributed by atoms with Gasteiger partial charge in [0.05, 0.1) is 0 Å². The number of nitrogens with two attached hydrogens (primary N) is 1. The van der Waals surface area contributed by atoms with Gasteiger partial charge in [0.25, 0.3) is 5.91 Å². The molecule has 4 heteroatoms. The van der Waals surface area contributed by atoms with Crippen molar-refractivity contribution in [3.63, 3.8) is 0 Å². The monoisotopic (exact) mass is 268 g/mol. The molecule has 0 aliphatic heterocycles. The number of benzene rings is 1. The van der Waals surface area contributed by atoms with Crippen molar-refractivity contribution in [2.45, 2.75) is 33.2 Å². The first-order valence-corrected chi connectivity index (χ1v) is 6.59. The third kappa shape index (κ3) is 4.31. The molecule has 1 rings (SSSR count). The predicted molar refractivity (Wildman–Crippen MR) is 76.0 cm³/mol. The molecule has 18 heavy (non-hydrogen) atoms. The summed E-state index contributed by atoms with van der Waals surface area (Å²) in [6.07, 6.45) is 0.884. The average Bonchev–Trinajstić information content (AvgIpc) is 2.27. The normalized spacial score (nSPS) is 12.6. The van der Waals surface area contributed by atoms with E-state index in [0.29, 0.717) is 23.0 Å². The second-order valence-corrected chi connectivity index (χ2v) is 5.43. The molecule has 0 radical (unpaired) electrons. The van der Waals surface area contributed by atoms with Gasteiger partial charge in [-0.3, -0.25) is 4.79 Å². The number of carbonyl (C=O) groups is 1. The number of nitrogens with one attached hydrogen (secondary N) is 1. The van der Waals surface area contributed by atoms with Crippen LogP contribution in [0.4, 0.5) is 0 Å². The van der Waals surface area contributed by atoms with E-state index in [9.17, 15) is 4.79 Å². The Balaban J connectivity index is 2.74. The van der Waals surface area contributed by atoms with Crippen LogP contribution >= 0.6 is 11.6 Å². The summed E-state index contributed by atoms with van der Waals surface area (Å²) in [5, 5.41) is 3.61. The maximum absolute atomic E-state index is 12.1. The standard InChI is InChI=1S/C14H21ClN2O/c1-9(2)6-12(8-16)17-14(18)13-5-4-11(15)7-10(13)3/h4-5,7,9,12H,6,8,16H2,1-3H3,(H,17,18). The summed E-state index contributed by atoms with van der Waals surface area (Å²) in [6, 6.07) is 5.28. The van der Waals surface area contributed by atoms with Gasteiger partial charge < -0.3 is 11.1 Å². The molecule has 0 aromatic heterocycles. The van der Waals surface area contributed by atoms with Crippen LogP contribution in [0.1, 0.15) is 36.2 Å². The number of carbonyl (C=O) groups excluding carboxylic acids is 1. The van der Waals surface area contributed by atoms with Gasteiger partial charge >= 0.3 is 0 Å². The number of hydrogen-bond acceptors (Lipinski definition) is 2. The van der Waals surface area contributed by atoms with Gasteiger partial charge in [-0.25, -0.2) is 0 Å². The van der Waals surface area contributed by atoms with E-state index in [1.165, 1.54) is 0 Å². The van der Waals surface area contributed by atoms with E-state index >= 15 is 0 Å². The van der Waals surface area contributed by atoms with Crippen LogP contribution in [0.15, 0.2) is 18.2 Å². The summed E-state index contributed by atoms with van der Waals surface area (Å²) in [5.41, 5.74) is 7.20. The van der Waals surface area contributed by atoms with Gasteiger partial charge in [0.1, 0.15) is 0 Å². The summed E-state index contributed by atoms with van der Waals surface area (Å²) >= 11 is 5.87. The molecule has 1 aromatic carbocycles. The smallest absolute Gasteiger partial charge is 0.251 e. The quantitative estimate of drug-likeness (QED) is 0.863. The Bertz CT molecular complexity index is 418. The first-order valence-electron chi connectivity index (χ1n) is 6.21. The lowest BCUT2D eigenvalue weighted by Crippen LogP contribution is -2.41. The highest BCUT2D eigenvalue weighted by molar-refractivity contribution is 6.30. The van der Waals surface area contributed by atoms with Crippen LogP contribution in [0.5, 0.6) is 0 Å². The molecule has 3 N–H and O–H groups in total. The molecule has 0 aliphatic carbocycles. The largest absolute Gasteiger partial charge is 0.348 e. The lowest BCUT2D eigenvalue weighted by atomic mass is 10.0. The zero-order valence-electron chi connectivity index (χ0n) is 11.2. The van der Waals surface area contributed by atoms with E-state index in [-0.39, 0.29) is 11.9 Å². The van der Waals surface area contributed by atoms with Gasteiger partial charge in [0, 0.05) is 23.2 Å². The van der Waals surface area contributed by atoms with E-state index in [2.05, 4.69) is 19.2 Å². The highest BCUT2D eigenvalue weighted by Gasteiger charge is 2.15. The molecular weight excluding hydrogens is 248 g/mol. The van der Waals surface area contributed by atoms with Gasteiger partial charge in [0.2, 0.25) is 0 Å². The van der Waals surface area contributed by atoms with Gasteiger partial charge in [-0.2, -0.15) is 0 Å². The molecule has 1 amide bonds. The molecule has 1 atom stereocenters. The minimum Gasteiger partial charge on any atom is -0.348 e. The van der Waals surface area contributed by atoms with Crippen LogP contribution < -0.4 is 11.1 Å². The molecule has 0 aliphatic rings. The molecular formula is C14H21ClN2O. The van der Waals surface area contributed by atoms with Crippen molar-refractivity contribution in [2.24, 2.45) is 11.7 Å². The van der Waals surface area contributed by atoms with Gasteiger partial charge in [-0.05, 0) is 43.0 Å². The fraction of sp³-hybridized carbons (Fsp3) is 0.500. The van der Waals surface area contributed by atoms with Crippen molar-refractivity contribution in [1.29, 1.82) is 0 Å². The Labute approximate surface area is 114 Å². The second-order valence-electron chi connectivity index (χ2n) is 4.99. The van der Waals surface area contributed by atoms with Crippen molar-refractivity contribution in [3.05, 3.63) is 34.3 Å². The topological polar surface area (TPSA) is 55.1 Å². The summed E-state index contributed by atoms with van der Waals surface area (Å²) in [5.74, 6) is 0.422. The fourth-order valence-corrected chi connectivity index (χ4v) is 2.15. The molecule has 0 saturated carbocycles. The highest BCUT2D eigenvalue weighted by atomic mass is 35.5. The minimum atomic E-state index is -0.0831. The maximum atomic E-state index is 12.1. The molecule has 3 nitrogen and oxygen atoms in total. The van der Waals surface area contributed by atoms with E-state index in [1.807, 2.05) is 6.92 Å². The van der Waals surface area contributed by atoms with Gasteiger partial charge in [-0.1, -0.05) is 25.4 Å². The summed E-state index contributed by atoms with van der Waals surface area (Å²) in [6.45, 7) is 6.56. The maximum Gasteiger partial charge on any atom is 0.251 e. The molecule has 0 spiro atoms. The van der Waals surface area contributed by atoms with Crippen LogP contribution in [0, 0.1) is 12.8 Å². The van der Waals surface area contributed by atoms with Gasteiger partial charge in [-0.15, -0.1) is 0 Å². The molecule has 0 saturated heterocycles. The lowest BCUT2D eigenvalue weighted by molar-refractivity contribution is 0.0933. The van der Waals surface area contributed by atoms with E-state index in [0.717, 1.165) is 12.0 Å². The minimum absolute atomic E-state index is 0.0209. The zero-order chi connectivity index (χ0) is 13.7. The molecule has 0 bridgehead atoms. The van der Waals surface area contributed by atoms with Crippen LogP contribution in [-0.4, -0.2) is 18.5 Å². The number of rotatable bonds is 5. The van der Waals surface area contributed by atoms with Crippen LogP contribution in [0.3, 0.4) is 0 Å². The fourth-order valence-electron chi connectivity index (χ4n) is 1.93. The highest BCUT2D eigenvalue weighted by Crippen LogP contribution is 2.15. The summed E-state index contributed by atoms with van der Waals surface area (Å²) in [7, 11) is 0. The SMILES string of the molecule is Cc1cc(Cl)ccc1C(=O)NC(CN)CC(C)C. The Kier molecular flexibility index (Phi) is 5.63. The Morgan fingerprint density at radius 3 is 2.61 bits per heavy atom. The molecule has 0 fully saturated rings. The van der Waals surface area contributed by atoms with E-state index in [4.69, 9.17) is 17.3 Å². The van der Waals surface area contributed by atoms with Crippen molar-refractivity contribution in [1.82, 2.24) is 5.32 Å². The summed E-state index contributed by atoms with van der Waals surface area (Å²) < 4.78 is 0. The molecule has 1 unspecified atom stereocenters. The Morgan fingerprint density at radius 1 is 1.44 bits per heavy atom. The zero-order valence-corrected chi connectivity index (χ0v) is 11.9. The van der Waals surface area contributed by atoms with Gasteiger partial charge in [0.15, 0.2) is 0 Å². The third-order valence-electron chi connectivity index (χ3n) is 2.81. The second kappa shape index (κ2) is 6.76. The third-order valence-corrected chi connectivity index (χ3v) is 3.04. The average molecular weight is 269 g/mol. The van der Waals surface area contributed by atoms with Crippen molar-refractivity contribution in [3.8, 4) is 0 Å². The molecule has 1 aromatic rings. The lowest BCUT2D eigenvalue weighted by Gasteiger charge is -2.19. The van der Waals surface area contributed by atoms with Crippen LogP contribution in [-0.2, 0) is 0 Å². The van der Waals surface area contributed by atoms with Crippen molar-refractivity contribution in [2.75, 3.05) is 6.54 Å². The number of aryl methyl sites for hydroxylation is 1. The van der Waals surface area contributed by atoms with E-state index < -0.39 is 0 Å². The van der Waals surface area contributed by atoms with Crippen molar-refractivity contribution >= 4 is 17.5 Å². The first kappa shape index (κ1) is 15.0.